The first-order valence-electron chi connectivity index (χ1n) is 7.57. The topological polar surface area (TPSA) is 61.8 Å². The second kappa shape index (κ2) is 7.03. The molecule has 0 aliphatic heterocycles. The smallest absolute Gasteiger partial charge is 0.172 e. The van der Waals surface area contributed by atoms with Crippen molar-refractivity contribution in [3.63, 3.8) is 0 Å². The van der Waals surface area contributed by atoms with E-state index >= 15 is 0 Å². The molecular weight excluding hydrogens is 286 g/mol. The van der Waals surface area contributed by atoms with Crippen molar-refractivity contribution >= 4 is 23.1 Å². The summed E-state index contributed by atoms with van der Waals surface area (Å²) in [6, 6.07) is 6.04. The average Bonchev–Trinajstić information content (AvgIpc) is 2.53. The van der Waals surface area contributed by atoms with Crippen LogP contribution in [0.5, 0.6) is 0 Å². The van der Waals surface area contributed by atoms with Crippen LogP contribution >= 0.6 is 11.6 Å². The summed E-state index contributed by atoms with van der Waals surface area (Å²) in [5.74, 6) is 0.963. The van der Waals surface area contributed by atoms with Gasteiger partial charge in [0.25, 0.3) is 0 Å². The van der Waals surface area contributed by atoms with E-state index in [1.165, 1.54) is 32.1 Å². The molecule has 0 spiro atoms. The quantitative estimate of drug-likeness (QED) is 0.384. The highest BCUT2D eigenvalue weighted by atomic mass is 35.5. The number of nitrogens with zero attached hydrogens (tertiary/aromatic N) is 2. The third-order valence-electron chi connectivity index (χ3n) is 4.66. The molecule has 1 saturated carbocycles. The molecule has 0 radical (unpaired) electrons. The predicted molar refractivity (Wildman–Crippen MR) is 88.4 cm³/mol. The Morgan fingerprint density at radius 2 is 2.05 bits per heavy atom. The molecule has 0 bridgehead atoms. The molecule has 1 aliphatic rings. The molecule has 1 aliphatic carbocycles. The van der Waals surface area contributed by atoms with Crippen molar-refractivity contribution in [1.29, 1.82) is 0 Å². The van der Waals surface area contributed by atoms with Gasteiger partial charge < -0.3 is 15.8 Å². The molecule has 1 aromatic rings. The van der Waals surface area contributed by atoms with Gasteiger partial charge in [-0.3, -0.25) is 0 Å². The van der Waals surface area contributed by atoms with E-state index in [1.807, 2.05) is 12.1 Å². The summed E-state index contributed by atoms with van der Waals surface area (Å²) in [7, 11) is 2.08. The summed E-state index contributed by atoms with van der Waals surface area (Å²) in [4.78, 5) is 2.25. The minimum absolute atomic E-state index is 0.0987. The number of anilines is 1. The number of benzene rings is 1. The third-order valence-corrected chi connectivity index (χ3v) is 4.90. The van der Waals surface area contributed by atoms with Crippen LogP contribution in [-0.2, 0) is 0 Å². The Balaban J connectivity index is 2.21. The van der Waals surface area contributed by atoms with Crippen molar-refractivity contribution in [2.45, 2.75) is 45.1 Å². The molecule has 0 heterocycles. The Kier molecular flexibility index (Phi) is 5.34. The Hall–Kier alpha value is -1.42. The van der Waals surface area contributed by atoms with Crippen molar-refractivity contribution in [2.75, 3.05) is 11.9 Å². The Bertz CT molecular complexity index is 510. The largest absolute Gasteiger partial charge is 0.409 e. The second-order valence-electron chi connectivity index (χ2n) is 5.84. The van der Waals surface area contributed by atoms with Gasteiger partial charge in [0.05, 0.1) is 0 Å². The minimum atomic E-state index is 0.0987. The van der Waals surface area contributed by atoms with Gasteiger partial charge in [0.1, 0.15) is 0 Å². The normalized spacial score (nSPS) is 23.1. The van der Waals surface area contributed by atoms with Crippen molar-refractivity contribution in [1.82, 2.24) is 0 Å². The van der Waals surface area contributed by atoms with E-state index in [1.54, 1.807) is 6.07 Å². The number of halogens is 1. The van der Waals surface area contributed by atoms with Crippen LogP contribution in [-0.4, -0.2) is 24.1 Å². The van der Waals surface area contributed by atoms with Crippen LogP contribution in [0.2, 0.25) is 5.02 Å². The Morgan fingerprint density at radius 3 is 2.62 bits per heavy atom. The summed E-state index contributed by atoms with van der Waals surface area (Å²) in [6.45, 7) is 2.27. The summed E-state index contributed by atoms with van der Waals surface area (Å²) < 4.78 is 0. The van der Waals surface area contributed by atoms with Crippen LogP contribution in [0.1, 0.15) is 44.6 Å². The van der Waals surface area contributed by atoms with E-state index in [0.29, 0.717) is 16.6 Å². The van der Waals surface area contributed by atoms with Gasteiger partial charge in [0, 0.05) is 29.4 Å². The number of hydrogen-bond donors (Lipinski definition) is 2. The maximum absolute atomic E-state index is 8.96. The lowest BCUT2D eigenvalue weighted by Gasteiger charge is -2.36. The van der Waals surface area contributed by atoms with Gasteiger partial charge in [-0.2, -0.15) is 0 Å². The van der Waals surface area contributed by atoms with E-state index in [9.17, 15) is 0 Å². The van der Waals surface area contributed by atoms with Gasteiger partial charge in [-0.1, -0.05) is 30.1 Å². The zero-order valence-electron chi connectivity index (χ0n) is 12.7. The molecule has 1 fully saturated rings. The van der Waals surface area contributed by atoms with Crippen LogP contribution in [0.4, 0.5) is 5.69 Å². The first kappa shape index (κ1) is 16.0. The fourth-order valence-corrected chi connectivity index (χ4v) is 3.38. The second-order valence-corrected chi connectivity index (χ2v) is 6.28. The molecule has 0 amide bonds. The van der Waals surface area contributed by atoms with Gasteiger partial charge in [-0.05, 0) is 49.8 Å². The monoisotopic (exact) mass is 309 g/mol. The third kappa shape index (κ3) is 3.62. The van der Waals surface area contributed by atoms with Gasteiger partial charge >= 0.3 is 0 Å². The van der Waals surface area contributed by atoms with Crippen LogP contribution < -0.4 is 10.6 Å². The van der Waals surface area contributed by atoms with E-state index in [4.69, 9.17) is 22.5 Å². The first-order chi connectivity index (χ1) is 10.1. The zero-order valence-corrected chi connectivity index (χ0v) is 13.5. The number of rotatable bonds is 4. The van der Waals surface area contributed by atoms with Gasteiger partial charge in [-0.15, -0.1) is 0 Å². The van der Waals surface area contributed by atoms with Gasteiger partial charge in [0.2, 0.25) is 0 Å². The van der Waals surface area contributed by atoms with Crippen LogP contribution in [0, 0.1) is 5.92 Å². The standard InChI is InChI=1S/C16H24ClN3O/c1-3-11-4-7-13(8-5-11)20(2)15-9-6-12(17)10-14(15)16(18)19-21/h6,9-11,13,21H,3-5,7-8H2,1-2H3,(H2,18,19). The van der Waals surface area contributed by atoms with Gasteiger partial charge in [-0.25, -0.2) is 0 Å². The van der Waals surface area contributed by atoms with E-state index in [0.717, 1.165) is 11.6 Å². The summed E-state index contributed by atoms with van der Waals surface area (Å²) in [5, 5.41) is 12.7. The fraction of sp³-hybridized carbons (Fsp3) is 0.562. The fourth-order valence-electron chi connectivity index (χ4n) is 3.21. The molecule has 0 unspecified atom stereocenters. The molecule has 5 heteroatoms. The average molecular weight is 310 g/mol. The first-order valence-corrected chi connectivity index (χ1v) is 7.94. The predicted octanol–water partition coefficient (Wildman–Crippen LogP) is 3.84. The Morgan fingerprint density at radius 1 is 1.38 bits per heavy atom. The van der Waals surface area contributed by atoms with Crippen molar-refractivity contribution < 1.29 is 5.21 Å². The van der Waals surface area contributed by atoms with Gasteiger partial charge in [0.15, 0.2) is 5.84 Å². The molecule has 116 valence electrons. The highest BCUT2D eigenvalue weighted by Gasteiger charge is 2.25. The number of oxime groups is 1. The van der Waals surface area contributed by atoms with E-state index in [2.05, 4.69) is 24.0 Å². The number of hydrogen-bond acceptors (Lipinski definition) is 3. The maximum Gasteiger partial charge on any atom is 0.172 e. The molecule has 0 saturated heterocycles. The summed E-state index contributed by atoms with van der Waals surface area (Å²) in [5.41, 5.74) is 7.44. The highest BCUT2D eigenvalue weighted by molar-refractivity contribution is 6.31. The lowest BCUT2D eigenvalue weighted by molar-refractivity contribution is 0.313. The van der Waals surface area contributed by atoms with Crippen molar-refractivity contribution in [3.05, 3.63) is 28.8 Å². The van der Waals surface area contributed by atoms with Crippen LogP contribution in [0.25, 0.3) is 0 Å². The molecule has 1 aromatic carbocycles. The SMILES string of the molecule is CCC1CCC(N(C)c2ccc(Cl)cc2C(N)=NO)CC1. The molecule has 21 heavy (non-hydrogen) atoms. The summed E-state index contributed by atoms with van der Waals surface area (Å²) in [6.07, 6.45) is 6.20. The zero-order chi connectivity index (χ0) is 15.4. The molecule has 2 rings (SSSR count). The minimum Gasteiger partial charge on any atom is -0.409 e. The molecule has 3 N–H and O–H groups in total. The van der Waals surface area contributed by atoms with Crippen LogP contribution in [0.15, 0.2) is 23.4 Å². The molecular formula is C16H24ClN3O. The van der Waals surface area contributed by atoms with Crippen LogP contribution in [0.3, 0.4) is 0 Å². The Labute approximate surface area is 131 Å². The molecule has 4 nitrogen and oxygen atoms in total. The molecule has 0 aromatic heterocycles. The number of amidine groups is 1. The van der Waals surface area contributed by atoms with E-state index < -0.39 is 0 Å². The lowest BCUT2D eigenvalue weighted by atomic mass is 9.84. The van der Waals surface area contributed by atoms with Crippen molar-refractivity contribution in [2.24, 2.45) is 16.8 Å². The maximum atomic E-state index is 8.96. The van der Waals surface area contributed by atoms with E-state index in [-0.39, 0.29) is 5.84 Å². The summed E-state index contributed by atoms with van der Waals surface area (Å²) >= 11 is 6.04. The number of nitrogens with two attached hydrogens (primary N) is 1. The molecule has 0 atom stereocenters. The lowest BCUT2D eigenvalue weighted by Crippen LogP contribution is -2.36. The highest BCUT2D eigenvalue weighted by Crippen LogP contribution is 2.33. The van der Waals surface area contributed by atoms with Crippen molar-refractivity contribution in [3.8, 4) is 0 Å².